The fourth-order valence-electron chi connectivity index (χ4n) is 4.12. The highest BCUT2D eigenvalue weighted by Crippen LogP contribution is 2.23. The van der Waals surface area contributed by atoms with Gasteiger partial charge in [-0.05, 0) is 84.1 Å². The topological polar surface area (TPSA) is 31.6 Å². The Bertz CT molecular complexity index is 1120. The maximum absolute atomic E-state index is 3.45. The van der Waals surface area contributed by atoms with Crippen LogP contribution in [0, 0.1) is 23.2 Å². The molecule has 2 heterocycles. The van der Waals surface area contributed by atoms with Crippen molar-refractivity contribution in [2.45, 2.75) is 94.9 Å². The van der Waals surface area contributed by atoms with E-state index in [0.717, 1.165) is 12.8 Å². The van der Waals surface area contributed by atoms with Gasteiger partial charge in [0.1, 0.15) is 0 Å². The molecule has 2 nitrogen and oxygen atoms in total. The van der Waals surface area contributed by atoms with Gasteiger partial charge in [0.15, 0.2) is 0 Å². The third-order valence-corrected chi connectivity index (χ3v) is 5.97. The smallest absolute Gasteiger partial charge is 0.0456 e. The minimum atomic E-state index is 0.348. The first-order valence-corrected chi connectivity index (χ1v) is 13.8. The summed E-state index contributed by atoms with van der Waals surface area (Å²) in [5, 5.41) is 1.31. The van der Waals surface area contributed by atoms with Crippen molar-refractivity contribution in [3.05, 3.63) is 95.4 Å². The first-order chi connectivity index (χ1) is 17.1. The summed E-state index contributed by atoms with van der Waals surface area (Å²) in [5.41, 5.74) is 7.90. The zero-order valence-electron chi connectivity index (χ0n) is 25.3. The molecule has 0 saturated heterocycles. The van der Waals surface area contributed by atoms with Crippen LogP contribution >= 0.6 is 0 Å². The molecule has 0 fully saturated rings. The number of hydrogen-bond acceptors (Lipinski definition) is 0. The van der Waals surface area contributed by atoms with Crippen molar-refractivity contribution < 1.29 is 0 Å². The summed E-state index contributed by atoms with van der Waals surface area (Å²) in [7, 11) is 0. The van der Waals surface area contributed by atoms with Gasteiger partial charge in [-0.2, -0.15) is 0 Å². The van der Waals surface area contributed by atoms with Gasteiger partial charge in [-0.25, -0.2) is 0 Å². The summed E-state index contributed by atoms with van der Waals surface area (Å²) in [6.45, 7) is 22.5. The third kappa shape index (κ3) is 13.4. The number of benzene rings is 2. The van der Waals surface area contributed by atoms with Crippen LogP contribution in [-0.4, -0.2) is 9.97 Å². The van der Waals surface area contributed by atoms with E-state index in [2.05, 4.69) is 140 Å². The monoisotopic (exact) mass is 500 g/mol. The second-order valence-corrected chi connectivity index (χ2v) is 14.1. The highest BCUT2D eigenvalue weighted by molar-refractivity contribution is 5.80. The molecule has 2 N–H and O–H groups in total. The van der Waals surface area contributed by atoms with Gasteiger partial charge in [0.2, 0.25) is 0 Å². The summed E-state index contributed by atoms with van der Waals surface area (Å²) in [6.07, 6.45) is 6.66. The predicted octanol–water partition coefficient (Wildman–Crippen LogP) is 10.3. The third-order valence-electron chi connectivity index (χ3n) is 5.97. The maximum atomic E-state index is 3.45. The van der Waals surface area contributed by atoms with Gasteiger partial charge in [-0.1, -0.05) is 110 Å². The van der Waals surface area contributed by atoms with Crippen LogP contribution in [0.5, 0.6) is 0 Å². The van der Waals surface area contributed by atoms with Gasteiger partial charge in [0.25, 0.3) is 0 Å². The maximum Gasteiger partial charge on any atom is 0.0456 e. The van der Waals surface area contributed by atoms with Crippen molar-refractivity contribution in [1.29, 1.82) is 0 Å². The summed E-state index contributed by atoms with van der Waals surface area (Å²) in [4.78, 5) is 6.65. The van der Waals surface area contributed by atoms with Crippen LogP contribution in [-0.2, 0) is 19.3 Å². The van der Waals surface area contributed by atoms with E-state index in [-0.39, 0.29) is 0 Å². The van der Waals surface area contributed by atoms with Crippen LogP contribution in [0.25, 0.3) is 10.9 Å². The van der Waals surface area contributed by atoms with Gasteiger partial charge in [0, 0.05) is 23.1 Å². The highest BCUT2D eigenvalue weighted by atomic mass is 14.7. The SMILES string of the molecule is CC(C)(C)Cc1cc2ccccc2[nH]1.CC(C)(C)Cc1ccc[nH]1.Cc1ccc(CCC(C)(C)C)cc1. The molecule has 37 heavy (non-hydrogen) atoms. The van der Waals surface area contributed by atoms with Crippen LogP contribution in [0.1, 0.15) is 91.2 Å². The second-order valence-electron chi connectivity index (χ2n) is 14.1. The van der Waals surface area contributed by atoms with Gasteiger partial charge in [-0.3, -0.25) is 0 Å². The number of hydrogen-bond donors (Lipinski definition) is 2. The summed E-state index contributed by atoms with van der Waals surface area (Å²) >= 11 is 0. The molecule has 0 aliphatic carbocycles. The number of fused-ring (bicyclic) bond motifs is 1. The summed E-state index contributed by atoms with van der Waals surface area (Å²) in [6, 6.07) is 23.7. The Morgan fingerprint density at radius 2 is 1.22 bits per heavy atom. The number of rotatable bonds is 4. The molecule has 2 heteroatoms. The second kappa shape index (κ2) is 13.2. The van der Waals surface area contributed by atoms with Crippen LogP contribution in [0.4, 0.5) is 0 Å². The Morgan fingerprint density at radius 1 is 0.622 bits per heavy atom. The molecule has 0 aliphatic rings. The lowest BCUT2D eigenvalue weighted by Gasteiger charge is -2.17. The lowest BCUT2D eigenvalue weighted by atomic mass is 9.88. The molecule has 2 aromatic heterocycles. The molecule has 0 aliphatic heterocycles. The number of H-pyrrole nitrogens is 2. The summed E-state index contributed by atoms with van der Waals surface area (Å²) < 4.78 is 0. The molecule has 0 spiro atoms. The molecule has 202 valence electrons. The Kier molecular flexibility index (Phi) is 10.9. The van der Waals surface area contributed by atoms with Crippen molar-refractivity contribution in [2.24, 2.45) is 16.2 Å². The van der Waals surface area contributed by atoms with E-state index in [0.29, 0.717) is 16.2 Å². The molecule has 0 amide bonds. The van der Waals surface area contributed by atoms with Crippen molar-refractivity contribution in [3.63, 3.8) is 0 Å². The van der Waals surface area contributed by atoms with Gasteiger partial charge < -0.3 is 9.97 Å². The lowest BCUT2D eigenvalue weighted by Crippen LogP contribution is -2.09. The lowest BCUT2D eigenvalue weighted by molar-refractivity contribution is 0.378. The number of para-hydroxylation sites is 1. The predicted molar refractivity (Wildman–Crippen MR) is 164 cm³/mol. The molecule has 0 unspecified atom stereocenters. The Labute approximate surface area is 227 Å². The molecular weight excluding hydrogens is 448 g/mol. The minimum Gasteiger partial charge on any atom is -0.365 e. The fourth-order valence-corrected chi connectivity index (χ4v) is 4.12. The first-order valence-electron chi connectivity index (χ1n) is 13.8. The van der Waals surface area contributed by atoms with Crippen molar-refractivity contribution in [3.8, 4) is 0 Å². The number of aryl methyl sites for hydroxylation is 2. The van der Waals surface area contributed by atoms with E-state index in [1.54, 1.807) is 0 Å². The van der Waals surface area contributed by atoms with E-state index in [4.69, 9.17) is 0 Å². The molecular formula is C35H52N2. The molecule has 0 bridgehead atoms. The Morgan fingerprint density at radius 3 is 1.73 bits per heavy atom. The van der Waals surface area contributed by atoms with E-state index >= 15 is 0 Å². The van der Waals surface area contributed by atoms with Crippen molar-refractivity contribution >= 4 is 10.9 Å². The van der Waals surface area contributed by atoms with E-state index in [9.17, 15) is 0 Å². The van der Waals surface area contributed by atoms with Gasteiger partial charge >= 0.3 is 0 Å². The van der Waals surface area contributed by atoms with E-state index in [1.165, 1.54) is 46.3 Å². The van der Waals surface area contributed by atoms with Gasteiger partial charge in [0.05, 0.1) is 0 Å². The standard InChI is InChI=1S/C13H17N.C13H20.C9H15N/c1-13(2,3)9-11-8-10-6-4-5-7-12(10)14-11;1-11-5-7-12(8-6-11)9-10-13(2,3)4;1-9(2,3)7-8-5-4-6-10-8/h4-8,14H,9H2,1-3H3;5-8H,9-10H2,1-4H3;4-6,10H,7H2,1-3H3. The van der Waals surface area contributed by atoms with E-state index < -0.39 is 0 Å². The average molecular weight is 501 g/mol. The molecule has 0 saturated carbocycles. The highest BCUT2D eigenvalue weighted by Gasteiger charge is 2.13. The quantitative estimate of drug-likeness (QED) is 0.279. The van der Waals surface area contributed by atoms with E-state index in [1.807, 2.05) is 12.3 Å². The van der Waals surface area contributed by atoms with Crippen LogP contribution in [0.2, 0.25) is 0 Å². The van der Waals surface area contributed by atoms with Crippen LogP contribution < -0.4 is 0 Å². The van der Waals surface area contributed by atoms with Gasteiger partial charge in [-0.15, -0.1) is 0 Å². The molecule has 2 aromatic carbocycles. The Balaban J connectivity index is 0.000000198. The average Bonchev–Trinajstić information content (AvgIpc) is 3.40. The summed E-state index contributed by atoms with van der Waals surface area (Å²) in [5.74, 6) is 0. The zero-order valence-corrected chi connectivity index (χ0v) is 25.3. The molecule has 4 aromatic rings. The molecule has 0 atom stereocenters. The zero-order chi connectivity index (χ0) is 27.7. The van der Waals surface area contributed by atoms with Crippen molar-refractivity contribution in [2.75, 3.05) is 0 Å². The number of aromatic amines is 2. The first kappa shape index (κ1) is 30.5. The van der Waals surface area contributed by atoms with Crippen LogP contribution in [0.3, 0.4) is 0 Å². The minimum absolute atomic E-state index is 0.348. The largest absolute Gasteiger partial charge is 0.365 e. The molecule has 0 radical (unpaired) electrons. The van der Waals surface area contributed by atoms with Crippen molar-refractivity contribution in [1.82, 2.24) is 9.97 Å². The number of aromatic nitrogens is 2. The van der Waals surface area contributed by atoms with Crippen LogP contribution in [0.15, 0.2) is 72.9 Å². The number of nitrogens with one attached hydrogen (secondary N) is 2. The normalized spacial score (nSPS) is 11.9. The molecule has 4 rings (SSSR count). The Hall–Kier alpha value is -2.74. The fraction of sp³-hybridized carbons (Fsp3) is 0.486.